The maximum Gasteiger partial charge on any atom is 0.339 e. The van der Waals surface area contributed by atoms with Gasteiger partial charge in [-0.2, -0.15) is 8.42 Å². The molecule has 0 aromatic heterocycles. The van der Waals surface area contributed by atoms with E-state index in [-0.39, 0.29) is 33.0 Å². The van der Waals surface area contributed by atoms with Crippen LogP contribution in [0.2, 0.25) is 0 Å². The second-order valence-electron chi connectivity index (χ2n) is 12.1. The van der Waals surface area contributed by atoms with Crippen LogP contribution in [0.3, 0.4) is 0 Å². The molecule has 8 heteroatoms. The zero-order valence-electron chi connectivity index (χ0n) is 22.2. The van der Waals surface area contributed by atoms with Crippen molar-refractivity contribution in [2.45, 2.75) is 71.1 Å². The number of ketones is 2. The van der Waals surface area contributed by atoms with Crippen molar-refractivity contribution in [2.24, 2.45) is 10.8 Å². The summed E-state index contributed by atoms with van der Waals surface area (Å²) in [6, 6.07) is 11.4. The second-order valence-corrected chi connectivity index (χ2v) is 14.6. The fourth-order valence-corrected chi connectivity index (χ4v) is 7.01. The number of Topliss-reactive ketones (excluding diaryl/α,β-unsaturated/α-hetero) is 2. The smallest absolute Gasteiger partial charge is 0.339 e. The topological polar surface area (TPSA) is 86.7 Å². The number of halogens is 1. The third kappa shape index (κ3) is 5.00. The molecule has 2 aromatic carbocycles. The van der Waals surface area contributed by atoms with Gasteiger partial charge in [0.15, 0.2) is 11.6 Å². The molecule has 1 heterocycles. The first kappa shape index (κ1) is 26.9. The van der Waals surface area contributed by atoms with E-state index in [2.05, 4.69) is 15.9 Å². The Morgan fingerprint density at radius 2 is 1.37 bits per heavy atom. The first-order valence-electron chi connectivity index (χ1n) is 12.7. The Bertz CT molecular complexity index is 1470. The molecule has 0 fully saturated rings. The van der Waals surface area contributed by atoms with E-state index >= 15 is 0 Å². The van der Waals surface area contributed by atoms with E-state index in [0.29, 0.717) is 58.4 Å². The molecule has 0 radical (unpaired) electrons. The van der Waals surface area contributed by atoms with Crippen LogP contribution < -0.4 is 4.18 Å². The highest BCUT2D eigenvalue weighted by molar-refractivity contribution is 9.10. The van der Waals surface area contributed by atoms with Gasteiger partial charge in [0.2, 0.25) is 0 Å². The third-order valence-electron chi connectivity index (χ3n) is 7.37. The van der Waals surface area contributed by atoms with Gasteiger partial charge in [-0.3, -0.25) is 9.59 Å². The molecule has 0 N–H and O–H groups in total. The molecule has 2 aliphatic carbocycles. The molecule has 3 aliphatic rings. The average Bonchev–Trinajstić information content (AvgIpc) is 2.77. The van der Waals surface area contributed by atoms with E-state index in [1.165, 1.54) is 12.1 Å². The van der Waals surface area contributed by atoms with Crippen molar-refractivity contribution in [2.75, 3.05) is 0 Å². The molecule has 0 atom stereocenters. The van der Waals surface area contributed by atoms with Gasteiger partial charge < -0.3 is 8.92 Å². The van der Waals surface area contributed by atoms with Crippen molar-refractivity contribution in [1.82, 2.24) is 0 Å². The number of ether oxygens (including phenoxy) is 1. The highest BCUT2D eigenvalue weighted by Gasteiger charge is 2.48. The van der Waals surface area contributed by atoms with E-state index in [0.717, 1.165) is 5.56 Å². The molecular formula is C30H31BrO6S. The SMILES string of the molecule is Cc1ccc(S(=O)(=O)Oc2ccc(Br)cc2C2C3=C(CC(C)(C)CC3=O)OC3=C2C(=O)CC(C)(C)C3)cc1. The highest BCUT2D eigenvalue weighted by Crippen LogP contribution is 2.54. The van der Waals surface area contributed by atoms with Gasteiger partial charge in [-0.15, -0.1) is 0 Å². The number of rotatable bonds is 4. The highest BCUT2D eigenvalue weighted by atomic mass is 79.9. The van der Waals surface area contributed by atoms with E-state index in [4.69, 9.17) is 8.92 Å². The molecule has 1 aliphatic heterocycles. The largest absolute Gasteiger partial charge is 0.465 e. The predicted molar refractivity (Wildman–Crippen MR) is 147 cm³/mol. The number of allylic oxidation sites excluding steroid dienone is 4. The predicted octanol–water partition coefficient (Wildman–Crippen LogP) is 6.93. The van der Waals surface area contributed by atoms with Gasteiger partial charge in [0.05, 0.1) is 5.92 Å². The number of hydrogen-bond acceptors (Lipinski definition) is 6. The van der Waals surface area contributed by atoms with Crippen molar-refractivity contribution in [3.63, 3.8) is 0 Å². The van der Waals surface area contributed by atoms with Gasteiger partial charge in [0.25, 0.3) is 0 Å². The van der Waals surface area contributed by atoms with E-state index in [1.54, 1.807) is 30.3 Å². The number of hydrogen-bond donors (Lipinski definition) is 0. The molecule has 5 rings (SSSR count). The molecule has 38 heavy (non-hydrogen) atoms. The van der Waals surface area contributed by atoms with Gasteiger partial charge in [0.1, 0.15) is 22.2 Å². The molecule has 0 spiro atoms. The molecular weight excluding hydrogens is 568 g/mol. The summed E-state index contributed by atoms with van der Waals surface area (Å²) in [7, 11) is -4.18. The second kappa shape index (κ2) is 9.19. The fraction of sp³-hybridized carbons (Fsp3) is 0.400. The van der Waals surface area contributed by atoms with Crippen molar-refractivity contribution >= 4 is 37.6 Å². The number of carbonyl (C=O) groups excluding carboxylic acids is 2. The van der Waals surface area contributed by atoms with Crippen LogP contribution in [0.4, 0.5) is 0 Å². The van der Waals surface area contributed by atoms with Gasteiger partial charge in [-0.05, 0) is 48.1 Å². The zero-order valence-corrected chi connectivity index (χ0v) is 24.6. The minimum absolute atomic E-state index is 0.0229. The minimum atomic E-state index is -4.18. The zero-order chi connectivity index (χ0) is 27.6. The van der Waals surface area contributed by atoms with Crippen molar-refractivity contribution in [3.05, 3.63) is 80.7 Å². The van der Waals surface area contributed by atoms with E-state index in [9.17, 15) is 18.0 Å². The molecule has 0 saturated heterocycles. The molecule has 6 nitrogen and oxygen atoms in total. The standard InChI is InChI=1S/C30H31BrO6S/c1-17-6-9-19(10-7-17)38(34,35)37-23-11-8-18(31)12-20(23)26-27-21(32)13-29(2,3)15-24(27)36-25-16-30(4,5)14-22(33)28(25)26/h6-12,26H,13-16H2,1-5H3. The van der Waals surface area contributed by atoms with Crippen LogP contribution in [-0.4, -0.2) is 20.0 Å². The Balaban J connectivity index is 1.70. The maximum atomic E-state index is 13.6. The maximum absolute atomic E-state index is 13.6. The van der Waals surface area contributed by atoms with E-state index in [1.807, 2.05) is 34.6 Å². The van der Waals surface area contributed by atoms with Crippen LogP contribution in [0, 0.1) is 17.8 Å². The van der Waals surface area contributed by atoms with Crippen LogP contribution >= 0.6 is 15.9 Å². The van der Waals surface area contributed by atoms with Crippen LogP contribution in [0.25, 0.3) is 0 Å². The minimum Gasteiger partial charge on any atom is -0.465 e. The summed E-state index contributed by atoms with van der Waals surface area (Å²) in [5.74, 6) is 0.229. The lowest BCUT2D eigenvalue weighted by Gasteiger charge is -2.42. The Morgan fingerprint density at radius 3 is 1.89 bits per heavy atom. The number of benzene rings is 2. The lowest BCUT2D eigenvalue weighted by Crippen LogP contribution is -2.37. The lowest BCUT2D eigenvalue weighted by molar-refractivity contribution is -0.120. The fourth-order valence-electron chi connectivity index (χ4n) is 5.68. The van der Waals surface area contributed by atoms with Gasteiger partial charge in [-0.1, -0.05) is 61.3 Å². The van der Waals surface area contributed by atoms with Gasteiger partial charge >= 0.3 is 10.1 Å². The Hall–Kier alpha value is -2.71. The summed E-state index contributed by atoms with van der Waals surface area (Å²) >= 11 is 3.50. The van der Waals surface area contributed by atoms with Crippen LogP contribution in [0.5, 0.6) is 5.75 Å². The molecule has 0 saturated carbocycles. The number of aryl methyl sites for hydroxylation is 1. The quantitative estimate of drug-likeness (QED) is 0.355. The monoisotopic (exact) mass is 598 g/mol. The lowest BCUT2D eigenvalue weighted by atomic mass is 9.65. The number of carbonyl (C=O) groups is 2. The molecule has 200 valence electrons. The van der Waals surface area contributed by atoms with Gasteiger partial charge in [0, 0.05) is 46.9 Å². The first-order chi connectivity index (χ1) is 17.7. The molecule has 0 amide bonds. The third-order valence-corrected chi connectivity index (χ3v) is 9.12. The Kier molecular flexibility index (Phi) is 6.50. The summed E-state index contributed by atoms with van der Waals surface area (Å²) in [6.45, 7) is 9.96. The van der Waals surface area contributed by atoms with Crippen molar-refractivity contribution in [1.29, 1.82) is 0 Å². The summed E-state index contributed by atoms with van der Waals surface area (Å²) in [4.78, 5) is 27.3. The summed E-state index contributed by atoms with van der Waals surface area (Å²) < 4.78 is 39.3. The first-order valence-corrected chi connectivity index (χ1v) is 14.9. The molecule has 2 aromatic rings. The van der Waals surface area contributed by atoms with Crippen LogP contribution in [0.15, 0.2) is 74.5 Å². The average molecular weight is 600 g/mol. The normalized spacial score (nSPS) is 21.1. The van der Waals surface area contributed by atoms with Crippen LogP contribution in [-0.2, 0) is 24.4 Å². The van der Waals surface area contributed by atoms with Crippen molar-refractivity contribution < 1.29 is 26.9 Å². The summed E-state index contributed by atoms with van der Waals surface area (Å²) in [5.41, 5.74) is 1.63. The Morgan fingerprint density at radius 1 is 0.842 bits per heavy atom. The molecule has 0 unspecified atom stereocenters. The van der Waals surface area contributed by atoms with Crippen LogP contribution in [0.1, 0.15) is 70.4 Å². The Labute approximate surface area is 232 Å². The van der Waals surface area contributed by atoms with Crippen molar-refractivity contribution in [3.8, 4) is 5.75 Å². The summed E-state index contributed by atoms with van der Waals surface area (Å²) in [5, 5.41) is 0. The molecule has 0 bridgehead atoms. The van der Waals surface area contributed by atoms with E-state index < -0.39 is 16.0 Å². The van der Waals surface area contributed by atoms with Gasteiger partial charge in [-0.25, -0.2) is 0 Å². The summed E-state index contributed by atoms with van der Waals surface area (Å²) in [6.07, 6.45) is 1.70.